The molecule has 0 saturated carbocycles. The number of hydrogen-bond acceptors (Lipinski definition) is 3. The molecule has 0 aliphatic heterocycles. The Morgan fingerprint density at radius 1 is 1.44 bits per heavy atom. The van der Waals surface area contributed by atoms with Gasteiger partial charge in [0.1, 0.15) is 0 Å². The lowest BCUT2D eigenvalue weighted by Crippen LogP contribution is -2.32. The molecule has 0 saturated heterocycles. The highest BCUT2D eigenvalue weighted by molar-refractivity contribution is 5.74. The smallest absolute Gasteiger partial charge is 0.269 e. The minimum Gasteiger partial charge on any atom is -0.315 e. The number of likely N-dealkylation sites (N-methyl/N-ethyl adjacent to an activating group) is 1. The monoisotopic (exact) mass is 217 g/mol. The summed E-state index contributed by atoms with van der Waals surface area (Å²) in [7, 11) is 1.89. The third kappa shape index (κ3) is 1.97. The van der Waals surface area contributed by atoms with E-state index in [4.69, 9.17) is 0 Å². The summed E-state index contributed by atoms with van der Waals surface area (Å²) in [4.78, 5) is 15.9. The van der Waals surface area contributed by atoms with Crippen LogP contribution in [0.5, 0.6) is 0 Å². The van der Waals surface area contributed by atoms with Gasteiger partial charge in [-0.05, 0) is 26.1 Å². The zero-order chi connectivity index (χ0) is 11.5. The summed E-state index contributed by atoms with van der Waals surface area (Å²) in [5, 5.41) is 3.13. The van der Waals surface area contributed by atoms with Gasteiger partial charge >= 0.3 is 0 Å². The van der Waals surface area contributed by atoms with Crippen LogP contribution in [0, 0.1) is 0 Å². The fourth-order valence-corrected chi connectivity index (χ4v) is 1.67. The molecule has 0 aliphatic rings. The zero-order valence-corrected chi connectivity index (χ0v) is 9.47. The average Bonchev–Trinajstić information content (AvgIpc) is 2.32. The SMILES string of the molecule is CNC(C)Cn1c(=O)cnc2ccccc21. The van der Waals surface area contributed by atoms with Gasteiger partial charge in [-0.1, -0.05) is 12.1 Å². The van der Waals surface area contributed by atoms with Crippen LogP contribution in [0.2, 0.25) is 0 Å². The Morgan fingerprint density at radius 2 is 2.19 bits per heavy atom. The molecule has 2 rings (SSSR count). The molecule has 4 nitrogen and oxygen atoms in total. The maximum atomic E-state index is 11.8. The predicted molar refractivity (Wildman–Crippen MR) is 64.5 cm³/mol. The Balaban J connectivity index is 2.57. The van der Waals surface area contributed by atoms with Gasteiger partial charge in [-0.25, -0.2) is 4.98 Å². The fraction of sp³-hybridized carbons (Fsp3) is 0.333. The van der Waals surface area contributed by atoms with Crippen LogP contribution in [0.4, 0.5) is 0 Å². The van der Waals surface area contributed by atoms with Crippen LogP contribution in [-0.2, 0) is 6.54 Å². The molecule has 0 radical (unpaired) electrons. The number of fused-ring (bicyclic) bond motifs is 1. The van der Waals surface area contributed by atoms with Crippen LogP contribution in [0.25, 0.3) is 11.0 Å². The number of nitrogens with zero attached hydrogens (tertiary/aromatic N) is 2. The summed E-state index contributed by atoms with van der Waals surface area (Å²) >= 11 is 0. The number of hydrogen-bond donors (Lipinski definition) is 1. The first-order valence-corrected chi connectivity index (χ1v) is 5.34. The van der Waals surface area contributed by atoms with E-state index in [-0.39, 0.29) is 11.6 Å². The standard InChI is InChI=1S/C12H15N3O/c1-9(13-2)8-15-11-6-4-3-5-10(11)14-7-12(15)16/h3-7,9,13H,8H2,1-2H3. The molecule has 0 spiro atoms. The Labute approximate surface area is 93.9 Å². The van der Waals surface area contributed by atoms with Crippen LogP contribution in [0.3, 0.4) is 0 Å². The van der Waals surface area contributed by atoms with Crippen molar-refractivity contribution in [1.29, 1.82) is 0 Å². The van der Waals surface area contributed by atoms with E-state index in [1.165, 1.54) is 6.20 Å². The minimum absolute atomic E-state index is 0.0548. The summed E-state index contributed by atoms with van der Waals surface area (Å²) in [5.41, 5.74) is 1.68. The summed E-state index contributed by atoms with van der Waals surface area (Å²) in [6.07, 6.45) is 1.38. The Kier molecular flexibility index (Phi) is 3.01. The predicted octanol–water partition coefficient (Wildman–Crippen LogP) is 1.00. The third-order valence-electron chi connectivity index (χ3n) is 2.70. The van der Waals surface area contributed by atoms with E-state index in [0.717, 1.165) is 11.0 Å². The van der Waals surface area contributed by atoms with Crippen molar-refractivity contribution in [3.8, 4) is 0 Å². The molecule has 16 heavy (non-hydrogen) atoms. The minimum atomic E-state index is -0.0548. The van der Waals surface area contributed by atoms with Crippen molar-refractivity contribution in [3.63, 3.8) is 0 Å². The van der Waals surface area contributed by atoms with Gasteiger partial charge in [0.05, 0.1) is 17.2 Å². The van der Waals surface area contributed by atoms with Crippen molar-refractivity contribution in [2.75, 3.05) is 7.05 Å². The lowest BCUT2D eigenvalue weighted by molar-refractivity contribution is 0.514. The number of nitrogens with one attached hydrogen (secondary N) is 1. The second-order valence-corrected chi connectivity index (χ2v) is 3.89. The number of rotatable bonds is 3. The first-order valence-electron chi connectivity index (χ1n) is 5.34. The van der Waals surface area contributed by atoms with Crippen molar-refractivity contribution >= 4 is 11.0 Å². The van der Waals surface area contributed by atoms with E-state index < -0.39 is 0 Å². The molecule has 1 aromatic heterocycles. The maximum Gasteiger partial charge on any atom is 0.269 e. The molecule has 1 aromatic carbocycles. The van der Waals surface area contributed by atoms with Crippen molar-refractivity contribution in [3.05, 3.63) is 40.8 Å². The van der Waals surface area contributed by atoms with E-state index in [9.17, 15) is 4.79 Å². The molecule has 1 atom stereocenters. The van der Waals surface area contributed by atoms with Gasteiger partial charge in [-0.3, -0.25) is 4.79 Å². The fourth-order valence-electron chi connectivity index (χ4n) is 1.67. The normalized spacial score (nSPS) is 12.9. The molecule has 0 amide bonds. The molecule has 1 N–H and O–H groups in total. The van der Waals surface area contributed by atoms with Gasteiger partial charge in [0, 0.05) is 12.6 Å². The van der Waals surface area contributed by atoms with Gasteiger partial charge in [0.15, 0.2) is 0 Å². The molecule has 0 aliphatic carbocycles. The Hall–Kier alpha value is -1.68. The number of para-hydroxylation sites is 2. The largest absolute Gasteiger partial charge is 0.315 e. The van der Waals surface area contributed by atoms with Crippen LogP contribution < -0.4 is 10.9 Å². The van der Waals surface area contributed by atoms with Crippen molar-refractivity contribution < 1.29 is 0 Å². The van der Waals surface area contributed by atoms with Crippen molar-refractivity contribution in [1.82, 2.24) is 14.9 Å². The molecular weight excluding hydrogens is 202 g/mol. The average molecular weight is 217 g/mol. The van der Waals surface area contributed by atoms with Crippen LogP contribution in [-0.4, -0.2) is 22.6 Å². The van der Waals surface area contributed by atoms with Crippen LogP contribution in [0.1, 0.15) is 6.92 Å². The summed E-state index contributed by atoms with van der Waals surface area (Å²) in [5.74, 6) is 0. The van der Waals surface area contributed by atoms with Crippen LogP contribution in [0.15, 0.2) is 35.3 Å². The Morgan fingerprint density at radius 3 is 2.94 bits per heavy atom. The van der Waals surface area contributed by atoms with Crippen molar-refractivity contribution in [2.24, 2.45) is 0 Å². The van der Waals surface area contributed by atoms with Gasteiger partial charge in [0.2, 0.25) is 0 Å². The van der Waals surface area contributed by atoms with Gasteiger partial charge in [-0.15, -0.1) is 0 Å². The molecule has 2 aromatic rings. The Bertz CT molecular complexity index is 547. The van der Waals surface area contributed by atoms with E-state index in [0.29, 0.717) is 6.54 Å². The maximum absolute atomic E-state index is 11.8. The quantitative estimate of drug-likeness (QED) is 0.834. The molecule has 0 fully saturated rings. The third-order valence-corrected chi connectivity index (χ3v) is 2.70. The van der Waals surface area contributed by atoms with Crippen molar-refractivity contribution in [2.45, 2.75) is 19.5 Å². The van der Waals surface area contributed by atoms with Crippen LogP contribution >= 0.6 is 0 Å². The second-order valence-electron chi connectivity index (χ2n) is 3.89. The number of aromatic nitrogens is 2. The zero-order valence-electron chi connectivity index (χ0n) is 9.47. The molecule has 84 valence electrons. The summed E-state index contributed by atoms with van der Waals surface area (Å²) < 4.78 is 1.75. The second kappa shape index (κ2) is 4.45. The van der Waals surface area contributed by atoms with E-state index in [1.54, 1.807) is 4.57 Å². The topological polar surface area (TPSA) is 46.9 Å². The van der Waals surface area contributed by atoms with E-state index in [2.05, 4.69) is 10.3 Å². The van der Waals surface area contributed by atoms with Gasteiger partial charge in [0.25, 0.3) is 5.56 Å². The van der Waals surface area contributed by atoms with E-state index >= 15 is 0 Å². The molecule has 0 bridgehead atoms. The highest BCUT2D eigenvalue weighted by Gasteiger charge is 2.06. The van der Waals surface area contributed by atoms with E-state index in [1.807, 2.05) is 38.2 Å². The lowest BCUT2D eigenvalue weighted by atomic mass is 10.2. The number of benzene rings is 1. The van der Waals surface area contributed by atoms with Gasteiger partial charge < -0.3 is 9.88 Å². The first-order chi connectivity index (χ1) is 7.72. The molecular formula is C12H15N3O. The molecule has 4 heteroatoms. The van der Waals surface area contributed by atoms with Gasteiger partial charge in [-0.2, -0.15) is 0 Å². The summed E-state index contributed by atoms with van der Waals surface area (Å²) in [6, 6.07) is 7.93. The lowest BCUT2D eigenvalue weighted by Gasteiger charge is -2.14. The molecule has 1 heterocycles. The first kappa shape index (κ1) is 10.8. The highest BCUT2D eigenvalue weighted by Crippen LogP contribution is 2.08. The molecule has 1 unspecified atom stereocenters. The summed E-state index contributed by atoms with van der Waals surface area (Å²) in [6.45, 7) is 2.69. The highest BCUT2D eigenvalue weighted by atomic mass is 16.1.